The third kappa shape index (κ3) is 4.95. The fourth-order valence-electron chi connectivity index (χ4n) is 6.54. The maximum atomic E-state index is 2.45. The summed E-state index contributed by atoms with van der Waals surface area (Å²) in [7, 11) is 0. The van der Waals surface area contributed by atoms with Crippen molar-refractivity contribution in [2.24, 2.45) is 0 Å². The van der Waals surface area contributed by atoms with Crippen LogP contribution in [0.25, 0.3) is 54.9 Å². The molecule has 0 spiro atoms. The van der Waals surface area contributed by atoms with Gasteiger partial charge >= 0.3 is 0 Å². The third-order valence-electron chi connectivity index (χ3n) is 8.67. The van der Waals surface area contributed by atoms with E-state index in [4.69, 9.17) is 0 Å². The minimum absolute atomic E-state index is 1.11. The average Bonchev–Trinajstić information content (AvgIpc) is 3.13. The van der Waals surface area contributed by atoms with Gasteiger partial charge in [-0.1, -0.05) is 164 Å². The molecule has 1 heteroatoms. The van der Waals surface area contributed by atoms with Gasteiger partial charge in [-0.2, -0.15) is 0 Å². The van der Waals surface area contributed by atoms with Gasteiger partial charge in [0.2, 0.25) is 0 Å². The Bertz CT molecular complexity index is 2250. The van der Waals surface area contributed by atoms with Crippen molar-refractivity contribution in [2.45, 2.75) is 0 Å². The maximum absolute atomic E-state index is 2.45. The Morgan fingerprint density at radius 2 is 0.822 bits per heavy atom. The van der Waals surface area contributed by atoms with Crippen LogP contribution >= 0.6 is 0 Å². The van der Waals surface area contributed by atoms with Gasteiger partial charge in [0, 0.05) is 16.8 Å². The van der Waals surface area contributed by atoms with Crippen LogP contribution in [-0.2, 0) is 0 Å². The third-order valence-corrected chi connectivity index (χ3v) is 8.67. The molecule has 8 aromatic carbocycles. The Morgan fingerprint density at radius 1 is 0.289 bits per heavy atom. The molecule has 0 atom stereocenters. The van der Waals surface area contributed by atoms with Gasteiger partial charge in [0.15, 0.2) is 0 Å². The highest BCUT2D eigenvalue weighted by molar-refractivity contribution is 6.11. The second kappa shape index (κ2) is 11.6. The summed E-state index contributed by atoms with van der Waals surface area (Å²) in [6.07, 6.45) is 0. The first kappa shape index (κ1) is 26.7. The summed E-state index contributed by atoms with van der Waals surface area (Å²) in [6, 6.07) is 67.7. The maximum Gasteiger partial charge on any atom is 0.0546 e. The lowest BCUT2D eigenvalue weighted by molar-refractivity contribution is 1.29. The number of anilines is 3. The molecule has 0 fully saturated rings. The van der Waals surface area contributed by atoms with Crippen molar-refractivity contribution in [3.05, 3.63) is 188 Å². The quantitative estimate of drug-likeness (QED) is 0.191. The van der Waals surface area contributed by atoms with Gasteiger partial charge in [0.05, 0.1) is 11.4 Å². The van der Waals surface area contributed by atoms with Crippen LogP contribution in [0.2, 0.25) is 0 Å². The number of rotatable bonds is 6. The minimum atomic E-state index is 1.11. The molecule has 212 valence electrons. The second-order valence-electron chi connectivity index (χ2n) is 11.3. The van der Waals surface area contributed by atoms with Gasteiger partial charge < -0.3 is 4.90 Å². The van der Waals surface area contributed by atoms with Crippen LogP contribution < -0.4 is 4.90 Å². The summed E-state index contributed by atoms with van der Waals surface area (Å²) in [5.74, 6) is 0. The minimum Gasteiger partial charge on any atom is -0.309 e. The van der Waals surface area contributed by atoms with E-state index in [1.165, 1.54) is 54.9 Å². The fourth-order valence-corrected chi connectivity index (χ4v) is 6.54. The average molecular weight is 574 g/mol. The lowest BCUT2D eigenvalue weighted by Gasteiger charge is -2.31. The van der Waals surface area contributed by atoms with Crippen LogP contribution in [0, 0.1) is 0 Å². The molecule has 0 aromatic heterocycles. The first-order valence-electron chi connectivity index (χ1n) is 15.5. The summed E-state index contributed by atoms with van der Waals surface area (Å²) < 4.78 is 0. The van der Waals surface area contributed by atoms with Gasteiger partial charge in [-0.15, -0.1) is 0 Å². The molecule has 0 N–H and O–H groups in total. The van der Waals surface area contributed by atoms with Gasteiger partial charge in [0.1, 0.15) is 0 Å². The van der Waals surface area contributed by atoms with E-state index in [1.54, 1.807) is 0 Å². The SMILES string of the molecule is c1ccc(-c2ccc(N(c3ccccc3-c3ccccc3)c3ccc4ccccc4c3-c3cccc4ccccc34)cc2)cc1. The molecule has 0 radical (unpaired) electrons. The number of fused-ring (bicyclic) bond motifs is 2. The summed E-state index contributed by atoms with van der Waals surface area (Å²) in [5.41, 5.74) is 10.6. The molecule has 0 aliphatic carbocycles. The van der Waals surface area contributed by atoms with Crippen molar-refractivity contribution >= 4 is 38.6 Å². The van der Waals surface area contributed by atoms with Crippen molar-refractivity contribution in [3.63, 3.8) is 0 Å². The van der Waals surface area contributed by atoms with E-state index >= 15 is 0 Å². The summed E-state index contributed by atoms with van der Waals surface area (Å²) in [4.78, 5) is 2.45. The molecule has 0 unspecified atom stereocenters. The molecular weight excluding hydrogens is 542 g/mol. The largest absolute Gasteiger partial charge is 0.309 e. The molecule has 8 aromatic rings. The van der Waals surface area contributed by atoms with Crippen molar-refractivity contribution in [1.82, 2.24) is 0 Å². The fraction of sp³-hybridized carbons (Fsp3) is 0. The normalized spacial score (nSPS) is 11.1. The predicted molar refractivity (Wildman–Crippen MR) is 192 cm³/mol. The summed E-state index contributed by atoms with van der Waals surface area (Å²) in [6.45, 7) is 0. The molecule has 0 aliphatic heterocycles. The Kier molecular flexibility index (Phi) is 6.90. The van der Waals surface area contributed by atoms with Gasteiger partial charge in [-0.25, -0.2) is 0 Å². The molecule has 0 bridgehead atoms. The monoisotopic (exact) mass is 573 g/mol. The van der Waals surface area contributed by atoms with E-state index in [1.807, 2.05) is 0 Å². The molecule has 0 aliphatic rings. The highest BCUT2D eigenvalue weighted by atomic mass is 15.1. The molecule has 0 heterocycles. The zero-order valence-corrected chi connectivity index (χ0v) is 24.8. The molecule has 0 saturated carbocycles. The van der Waals surface area contributed by atoms with Crippen molar-refractivity contribution in [3.8, 4) is 33.4 Å². The van der Waals surface area contributed by atoms with E-state index in [-0.39, 0.29) is 0 Å². The van der Waals surface area contributed by atoms with Crippen LogP contribution in [0.3, 0.4) is 0 Å². The van der Waals surface area contributed by atoms with Crippen LogP contribution in [0.5, 0.6) is 0 Å². The molecule has 1 nitrogen and oxygen atoms in total. The summed E-state index contributed by atoms with van der Waals surface area (Å²) in [5, 5.41) is 4.93. The van der Waals surface area contributed by atoms with E-state index < -0.39 is 0 Å². The van der Waals surface area contributed by atoms with E-state index in [0.717, 1.165) is 17.1 Å². The first-order valence-corrected chi connectivity index (χ1v) is 15.5. The van der Waals surface area contributed by atoms with Crippen molar-refractivity contribution in [1.29, 1.82) is 0 Å². The van der Waals surface area contributed by atoms with Gasteiger partial charge in [0.25, 0.3) is 0 Å². The molecular formula is C44H31N. The highest BCUT2D eigenvalue weighted by Gasteiger charge is 2.23. The molecule has 0 saturated heterocycles. The topological polar surface area (TPSA) is 3.24 Å². The number of hydrogen-bond donors (Lipinski definition) is 0. The van der Waals surface area contributed by atoms with Crippen LogP contribution in [0.1, 0.15) is 0 Å². The highest BCUT2D eigenvalue weighted by Crippen LogP contribution is 2.48. The van der Waals surface area contributed by atoms with Crippen molar-refractivity contribution < 1.29 is 0 Å². The lowest BCUT2D eigenvalue weighted by Crippen LogP contribution is -2.12. The smallest absolute Gasteiger partial charge is 0.0546 e. The molecule has 45 heavy (non-hydrogen) atoms. The van der Waals surface area contributed by atoms with E-state index in [2.05, 4.69) is 193 Å². The zero-order chi connectivity index (χ0) is 30.0. The van der Waals surface area contributed by atoms with Crippen molar-refractivity contribution in [2.75, 3.05) is 4.90 Å². The summed E-state index contributed by atoms with van der Waals surface area (Å²) >= 11 is 0. The Morgan fingerprint density at radius 3 is 1.58 bits per heavy atom. The number of para-hydroxylation sites is 1. The Balaban J connectivity index is 1.43. The standard InChI is InChI=1S/C44H31N/c1-3-14-32(15-4-1)33-26-29-37(30-27-33)45(42-25-12-11-22-39(42)35-16-5-2-6-17-35)43-31-28-36-19-8-10-23-40(36)44(43)41-24-13-20-34-18-7-9-21-38(34)41/h1-31H. The predicted octanol–water partition coefficient (Wildman–Crippen LogP) is 12.5. The van der Waals surface area contributed by atoms with E-state index in [9.17, 15) is 0 Å². The molecule has 8 rings (SSSR count). The number of nitrogens with zero attached hydrogens (tertiary/aromatic N) is 1. The van der Waals surface area contributed by atoms with Crippen LogP contribution in [0.15, 0.2) is 188 Å². The van der Waals surface area contributed by atoms with E-state index in [0.29, 0.717) is 0 Å². The number of benzene rings is 8. The lowest BCUT2D eigenvalue weighted by atomic mass is 9.91. The first-order chi connectivity index (χ1) is 22.3. The Hall–Kier alpha value is -5.92. The molecule has 0 amide bonds. The number of hydrogen-bond acceptors (Lipinski definition) is 1. The zero-order valence-electron chi connectivity index (χ0n) is 24.8. The van der Waals surface area contributed by atoms with Crippen LogP contribution in [0.4, 0.5) is 17.1 Å². The van der Waals surface area contributed by atoms with Crippen LogP contribution in [-0.4, -0.2) is 0 Å². The Labute approximate surface area is 264 Å². The second-order valence-corrected chi connectivity index (χ2v) is 11.3. The van der Waals surface area contributed by atoms with Gasteiger partial charge in [-0.05, 0) is 68.1 Å². The van der Waals surface area contributed by atoms with Gasteiger partial charge in [-0.3, -0.25) is 0 Å².